The summed E-state index contributed by atoms with van der Waals surface area (Å²) in [5.74, 6) is 0.308. The van der Waals surface area contributed by atoms with E-state index in [2.05, 4.69) is 4.74 Å². The normalized spacial score (nSPS) is 11.2. The third-order valence-electron chi connectivity index (χ3n) is 3.36. The Bertz CT molecular complexity index is 785. The second-order valence-corrected chi connectivity index (χ2v) is 5.65. The minimum Gasteiger partial charge on any atom is -0.493 e. The Hall–Kier alpha value is -2.89. The summed E-state index contributed by atoms with van der Waals surface area (Å²) in [7, 11) is 1.32. The highest BCUT2D eigenvalue weighted by Crippen LogP contribution is 2.30. The second-order valence-electron chi connectivity index (χ2n) is 5.65. The van der Waals surface area contributed by atoms with E-state index in [0.29, 0.717) is 11.3 Å². The van der Waals surface area contributed by atoms with Crippen LogP contribution in [0.1, 0.15) is 29.8 Å². The minimum atomic E-state index is -2.97. The highest BCUT2D eigenvalue weighted by Gasteiger charge is 2.13. The molecule has 0 aliphatic carbocycles. The minimum absolute atomic E-state index is 0.00638. The maximum atomic E-state index is 12.4. The van der Waals surface area contributed by atoms with E-state index in [1.807, 2.05) is 38.1 Å². The molecule has 0 atom stereocenters. The van der Waals surface area contributed by atoms with Crippen molar-refractivity contribution in [3.05, 3.63) is 59.7 Å². The van der Waals surface area contributed by atoms with Gasteiger partial charge in [-0.05, 0) is 50.3 Å². The molecule has 26 heavy (non-hydrogen) atoms. The number of carbonyl (C=O) groups excluding carboxylic acids is 1. The molecule has 0 saturated heterocycles. The van der Waals surface area contributed by atoms with Gasteiger partial charge in [0.1, 0.15) is 5.75 Å². The molecule has 4 nitrogen and oxygen atoms in total. The van der Waals surface area contributed by atoms with Crippen LogP contribution in [-0.4, -0.2) is 25.6 Å². The van der Waals surface area contributed by atoms with E-state index in [4.69, 9.17) is 9.47 Å². The monoisotopic (exact) mass is 362 g/mol. The third kappa shape index (κ3) is 5.31. The predicted molar refractivity (Wildman–Crippen MR) is 95.2 cm³/mol. The maximum Gasteiger partial charge on any atom is 0.387 e. The van der Waals surface area contributed by atoms with Gasteiger partial charge in [0, 0.05) is 11.1 Å². The number of rotatable bonds is 8. The van der Waals surface area contributed by atoms with Gasteiger partial charge in [0.15, 0.2) is 17.3 Å². The number of para-hydroxylation sites is 1. The van der Waals surface area contributed by atoms with Gasteiger partial charge in [-0.15, -0.1) is 0 Å². The molecule has 0 amide bonds. The molecule has 6 heteroatoms. The number of hydrogen-bond donors (Lipinski definition) is 0. The molecule has 138 valence electrons. The molecule has 0 bridgehead atoms. The first kappa shape index (κ1) is 19.4. The van der Waals surface area contributed by atoms with Crippen molar-refractivity contribution in [1.82, 2.24) is 0 Å². The fraction of sp³-hybridized carbons (Fsp3) is 0.250. The van der Waals surface area contributed by atoms with Crippen LogP contribution < -0.4 is 14.2 Å². The van der Waals surface area contributed by atoms with E-state index < -0.39 is 6.61 Å². The highest BCUT2D eigenvalue weighted by atomic mass is 19.3. The zero-order valence-electron chi connectivity index (χ0n) is 14.7. The summed E-state index contributed by atoms with van der Waals surface area (Å²) in [6, 6.07) is 11.4. The molecular formula is C20H20F2O4. The number of hydrogen-bond acceptors (Lipinski definition) is 4. The van der Waals surface area contributed by atoms with Crippen LogP contribution in [0.2, 0.25) is 0 Å². The predicted octanol–water partition coefficient (Wildman–Crippen LogP) is 4.98. The Labute approximate surface area is 151 Å². The van der Waals surface area contributed by atoms with E-state index >= 15 is 0 Å². The summed E-state index contributed by atoms with van der Waals surface area (Å²) in [6.45, 7) is 0.866. The Morgan fingerprint density at radius 1 is 1.00 bits per heavy atom. The average molecular weight is 362 g/mol. The number of benzene rings is 2. The first-order chi connectivity index (χ1) is 12.4. The van der Waals surface area contributed by atoms with Gasteiger partial charge in [-0.25, -0.2) is 0 Å². The molecule has 0 radical (unpaired) electrons. The average Bonchev–Trinajstić information content (AvgIpc) is 2.60. The Morgan fingerprint density at radius 2 is 1.73 bits per heavy atom. The summed E-state index contributed by atoms with van der Waals surface area (Å²) >= 11 is 0. The van der Waals surface area contributed by atoms with Gasteiger partial charge in [-0.1, -0.05) is 18.2 Å². The molecule has 0 N–H and O–H groups in total. The molecule has 0 fully saturated rings. The van der Waals surface area contributed by atoms with Crippen molar-refractivity contribution in [3.8, 4) is 17.2 Å². The topological polar surface area (TPSA) is 44.8 Å². The van der Waals surface area contributed by atoms with Crippen molar-refractivity contribution in [1.29, 1.82) is 0 Å². The number of ketones is 1. The van der Waals surface area contributed by atoms with Crippen LogP contribution in [0.3, 0.4) is 0 Å². The van der Waals surface area contributed by atoms with Gasteiger partial charge in [0.05, 0.1) is 13.2 Å². The zero-order chi connectivity index (χ0) is 19.1. The molecule has 0 spiro atoms. The summed E-state index contributed by atoms with van der Waals surface area (Å²) < 4.78 is 39.8. The van der Waals surface area contributed by atoms with Crippen LogP contribution in [0, 0.1) is 0 Å². The van der Waals surface area contributed by atoms with Crippen LogP contribution in [0.5, 0.6) is 17.2 Å². The molecule has 2 rings (SSSR count). The summed E-state index contributed by atoms with van der Waals surface area (Å²) in [5, 5.41) is 0. The molecule has 2 aromatic carbocycles. The fourth-order valence-electron chi connectivity index (χ4n) is 2.26. The Morgan fingerprint density at radius 3 is 2.38 bits per heavy atom. The van der Waals surface area contributed by atoms with E-state index in [1.54, 1.807) is 6.08 Å². The molecule has 0 aliphatic rings. The molecule has 2 aromatic rings. The van der Waals surface area contributed by atoms with Crippen LogP contribution in [0.15, 0.2) is 48.5 Å². The van der Waals surface area contributed by atoms with Crippen LogP contribution in [-0.2, 0) is 0 Å². The number of alkyl halides is 2. The number of carbonyl (C=O) groups is 1. The van der Waals surface area contributed by atoms with Gasteiger partial charge in [-0.2, -0.15) is 8.78 Å². The molecule has 0 unspecified atom stereocenters. The molecule has 0 aromatic heterocycles. The second kappa shape index (κ2) is 8.99. The SMILES string of the molecule is COc1cc(C(=O)/C=C/c2ccccc2OC(C)C)ccc1OC(F)F. The van der Waals surface area contributed by atoms with Gasteiger partial charge >= 0.3 is 6.61 Å². The first-order valence-electron chi connectivity index (χ1n) is 8.01. The largest absolute Gasteiger partial charge is 0.493 e. The van der Waals surface area contributed by atoms with Crippen molar-refractivity contribution in [2.24, 2.45) is 0 Å². The first-order valence-corrected chi connectivity index (χ1v) is 8.01. The van der Waals surface area contributed by atoms with Gasteiger partial charge in [-0.3, -0.25) is 4.79 Å². The third-order valence-corrected chi connectivity index (χ3v) is 3.36. The highest BCUT2D eigenvalue weighted by molar-refractivity contribution is 6.07. The van der Waals surface area contributed by atoms with Crippen LogP contribution in [0.25, 0.3) is 6.08 Å². The quantitative estimate of drug-likeness (QED) is 0.491. The van der Waals surface area contributed by atoms with E-state index in [9.17, 15) is 13.6 Å². The number of halogens is 2. The van der Waals surface area contributed by atoms with Crippen molar-refractivity contribution < 1.29 is 27.8 Å². The van der Waals surface area contributed by atoms with E-state index in [1.165, 1.54) is 31.4 Å². The molecule has 0 heterocycles. The maximum absolute atomic E-state index is 12.4. The number of allylic oxidation sites excluding steroid dienone is 1. The number of methoxy groups -OCH3 is 1. The molecular weight excluding hydrogens is 342 g/mol. The summed E-state index contributed by atoms with van der Waals surface area (Å²) in [6.07, 6.45) is 3.05. The lowest BCUT2D eigenvalue weighted by Crippen LogP contribution is -2.06. The molecule has 0 saturated carbocycles. The van der Waals surface area contributed by atoms with Crippen molar-refractivity contribution >= 4 is 11.9 Å². The van der Waals surface area contributed by atoms with Crippen molar-refractivity contribution in [2.45, 2.75) is 26.6 Å². The van der Waals surface area contributed by atoms with Gasteiger partial charge in [0.2, 0.25) is 0 Å². The number of ether oxygens (including phenoxy) is 3. The van der Waals surface area contributed by atoms with Crippen molar-refractivity contribution in [3.63, 3.8) is 0 Å². The van der Waals surface area contributed by atoms with E-state index in [0.717, 1.165) is 5.56 Å². The van der Waals surface area contributed by atoms with Crippen LogP contribution in [0.4, 0.5) is 8.78 Å². The Balaban J connectivity index is 2.21. The standard InChI is InChI=1S/C20H20F2O4/c1-13(2)25-17-7-5-4-6-14(17)8-10-16(23)15-9-11-18(26-20(21)22)19(12-15)24-3/h4-13,20H,1-3H3/b10-8+. The zero-order valence-corrected chi connectivity index (χ0v) is 14.7. The van der Waals surface area contributed by atoms with Gasteiger partial charge < -0.3 is 14.2 Å². The lowest BCUT2D eigenvalue weighted by atomic mass is 10.1. The van der Waals surface area contributed by atoms with E-state index in [-0.39, 0.29) is 23.4 Å². The smallest absolute Gasteiger partial charge is 0.387 e. The fourth-order valence-corrected chi connectivity index (χ4v) is 2.26. The lowest BCUT2D eigenvalue weighted by Gasteiger charge is -2.12. The Kier molecular flexibility index (Phi) is 6.72. The van der Waals surface area contributed by atoms with Crippen LogP contribution >= 0.6 is 0 Å². The molecule has 0 aliphatic heterocycles. The summed E-state index contributed by atoms with van der Waals surface area (Å²) in [5.41, 5.74) is 1.06. The van der Waals surface area contributed by atoms with Gasteiger partial charge in [0.25, 0.3) is 0 Å². The van der Waals surface area contributed by atoms with Crippen molar-refractivity contribution in [2.75, 3.05) is 7.11 Å². The summed E-state index contributed by atoms with van der Waals surface area (Å²) in [4.78, 5) is 12.4. The lowest BCUT2D eigenvalue weighted by molar-refractivity contribution is -0.0512.